The fourth-order valence-electron chi connectivity index (χ4n) is 6.75. The number of esters is 3. The summed E-state index contributed by atoms with van der Waals surface area (Å²) in [4.78, 5) is 37.6. The van der Waals surface area contributed by atoms with E-state index in [0.717, 1.165) is 69.6 Å². The highest BCUT2D eigenvalue weighted by molar-refractivity contribution is 5.71. The van der Waals surface area contributed by atoms with Gasteiger partial charge in [0, 0.05) is 19.3 Å². The molecule has 0 aliphatic heterocycles. The smallest absolute Gasteiger partial charge is 0.306 e. The molecule has 0 radical (unpaired) electrons. The van der Waals surface area contributed by atoms with E-state index in [2.05, 4.69) is 34.6 Å². The van der Waals surface area contributed by atoms with Crippen molar-refractivity contribution >= 4 is 17.9 Å². The van der Waals surface area contributed by atoms with E-state index in [1.54, 1.807) is 0 Å². The van der Waals surface area contributed by atoms with Crippen molar-refractivity contribution in [2.24, 2.45) is 11.8 Å². The van der Waals surface area contributed by atoms with Gasteiger partial charge in [0.05, 0.1) is 0 Å². The maximum atomic E-state index is 12.7. The van der Waals surface area contributed by atoms with Gasteiger partial charge in [-0.1, -0.05) is 208 Å². The molecule has 0 aromatic carbocycles. The molecule has 0 aliphatic rings. The Balaban J connectivity index is 4.31. The number of carbonyl (C=O) groups excluding carboxylic acids is 3. The number of carbonyl (C=O) groups is 3. The van der Waals surface area contributed by atoms with E-state index < -0.39 is 6.10 Å². The lowest BCUT2D eigenvalue weighted by Gasteiger charge is -2.18. The van der Waals surface area contributed by atoms with Crippen molar-refractivity contribution < 1.29 is 28.6 Å². The van der Waals surface area contributed by atoms with Crippen LogP contribution < -0.4 is 0 Å². The Kier molecular flexibility index (Phi) is 37.9. The summed E-state index contributed by atoms with van der Waals surface area (Å²) in [6, 6.07) is 0. The van der Waals surface area contributed by atoms with E-state index in [4.69, 9.17) is 14.2 Å². The van der Waals surface area contributed by atoms with Crippen molar-refractivity contribution in [2.75, 3.05) is 13.2 Å². The van der Waals surface area contributed by atoms with Crippen molar-refractivity contribution in [1.29, 1.82) is 0 Å². The first-order valence-corrected chi connectivity index (χ1v) is 22.7. The Bertz CT molecular complexity index is 794. The third-order valence-electron chi connectivity index (χ3n) is 10.2. The fourth-order valence-corrected chi connectivity index (χ4v) is 6.75. The number of hydrogen-bond donors (Lipinski definition) is 0. The van der Waals surface area contributed by atoms with E-state index in [9.17, 15) is 14.4 Å². The number of hydrogen-bond acceptors (Lipinski definition) is 6. The lowest BCUT2D eigenvalue weighted by molar-refractivity contribution is -0.167. The van der Waals surface area contributed by atoms with Crippen LogP contribution in [0.1, 0.15) is 247 Å². The molecule has 1 atom stereocenters. The molecule has 6 heteroatoms. The molecule has 0 rings (SSSR count). The SMILES string of the molecule is CCCCCCCCCCCCC(=O)OC[C@H](COC(=O)CCCCCCCCCCCCCC(C)C)OC(=O)CCCCCCCCCC(C)C. The molecule has 0 aliphatic carbocycles. The highest BCUT2D eigenvalue weighted by atomic mass is 16.6. The van der Waals surface area contributed by atoms with Crippen molar-refractivity contribution in [2.45, 2.75) is 253 Å². The van der Waals surface area contributed by atoms with Crippen LogP contribution in [0.4, 0.5) is 0 Å². The highest BCUT2D eigenvalue weighted by Crippen LogP contribution is 2.16. The quantitative estimate of drug-likeness (QED) is 0.0354. The molecule has 6 nitrogen and oxygen atoms in total. The molecule has 52 heavy (non-hydrogen) atoms. The average Bonchev–Trinajstić information content (AvgIpc) is 3.11. The molecule has 0 heterocycles. The van der Waals surface area contributed by atoms with Gasteiger partial charge < -0.3 is 14.2 Å². The summed E-state index contributed by atoms with van der Waals surface area (Å²) in [5.41, 5.74) is 0. The summed E-state index contributed by atoms with van der Waals surface area (Å²) < 4.78 is 16.7. The van der Waals surface area contributed by atoms with E-state index in [1.165, 1.54) is 135 Å². The minimum absolute atomic E-state index is 0.0655. The monoisotopic (exact) mass is 737 g/mol. The number of rotatable bonds is 40. The molecule has 0 aromatic rings. The summed E-state index contributed by atoms with van der Waals surface area (Å²) in [5, 5.41) is 0. The van der Waals surface area contributed by atoms with E-state index in [0.29, 0.717) is 19.3 Å². The molecule has 0 saturated carbocycles. The van der Waals surface area contributed by atoms with Crippen LogP contribution in [-0.4, -0.2) is 37.2 Å². The molecule has 0 aromatic heterocycles. The predicted molar refractivity (Wildman–Crippen MR) is 220 cm³/mol. The summed E-state index contributed by atoms with van der Waals surface area (Å²) in [6.45, 7) is 11.3. The topological polar surface area (TPSA) is 78.9 Å². The minimum atomic E-state index is -0.760. The lowest BCUT2D eigenvalue weighted by Crippen LogP contribution is -2.30. The summed E-state index contributed by atoms with van der Waals surface area (Å²) in [5.74, 6) is 0.743. The van der Waals surface area contributed by atoms with Gasteiger partial charge in [-0.05, 0) is 31.1 Å². The van der Waals surface area contributed by atoms with Gasteiger partial charge in [-0.3, -0.25) is 14.4 Å². The molecule has 0 fully saturated rings. The summed E-state index contributed by atoms with van der Waals surface area (Å²) in [7, 11) is 0. The number of unbranched alkanes of at least 4 members (excludes halogenated alkanes) is 25. The van der Waals surface area contributed by atoms with Crippen LogP contribution in [0.3, 0.4) is 0 Å². The van der Waals surface area contributed by atoms with Gasteiger partial charge in [-0.25, -0.2) is 0 Å². The maximum absolute atomic E-state index is 12.7. The second-order valence-electron chi connectivity index (χ2n) is 16.6. The first kappa shape index (κ1) is 50.4. The third-order valence-corrected chi connectivity index (χ3v) is 10.2. The normalized spacial score (nSPS) is 12.1. The second-order valence-corrected chi connectivity index (χ2v) is 16.6. The Hall–Kier alpha value is -1.59. The van der Waals surface area contributed by atoms with Gasteiger partial charge in [0.25, 0.3) is 0 Å². The molecular formula is C46H88O6. The first-order valence-electron chi connectivity index (χ1n) is 22.7. The molecular weight excluding hydrogens is 648 g/mol. The summed E-state index contributed by atoms with van der Waals surface area (Å²) >= 11 is 0. The Morgan fingerprint density at radius 3 is 0.942 bits per heavy atom. The van der Waals surface area contributed by atoms with Crippen LogP contribution >= 0.6 is 0 Å². The van der Waals surface area contributed by atoms with Gasteiger partial charge in [0.1, 0.15) is 13.2 Å². The molecule has 0 N–H and O–H groups in total. The van der Waals surface area contributed by atoms with Crippen LogP contribution in [0, 0.1) is 11.8 Å². The molecule has 0 saturated heterocycles. The Morgan fingerprint density at radius 2 is 0.635 bits per heavy atom. The zero-order chi connectivity index (χ0) is 38.3. The fraction of sp³-hybridized carbons (Fsp3) is 0.935. The first-order chi connectivity index (χ1) is 25.2. The standard InChI is InChI=1S/C46H88O6/c1-6-7-8-9-10-11-16-21-26-31-36-44(47)50-39-43(52-46(49)38-33-28-23-18-20-25-30-35-42(4)5)40-51-45(48)37-32-27-22-17-14-12-13-15-19-24-29-34-41(2)3/h41-43H,6-40H2,1-5H3/t43-/m1/s1. The third kappa shape index (κ3) is 39.6. The highest BCUT2D eigenvalue weighted by Gasteiger charge is 2.19. The average molecular weight is 737 g/mol. The maximum Gasteiger partial charge on any atom is 0.306 e. The van der Waals surface area contributed by atoms with Gasteiger partial charge in [-0.15, -0.1) is 0 Å². The van der Waals surface area contributed by atoms with Crippen molar-refractivity contribution in [3.8, 4) is 0 Å². The van der Waals surface area contributed by atoms with Crippen LogP contribution in [0.25, 0.3) is 0 Å². The zero-order valence-electron chi connectivity index (χ0n) is 35.4. The number of ether oxygens (including phenoxy) is 3. The predicted octanol–water partition coefficient (Wildman–Crippen LogP) is 14.2. The van der Waals surface area contributed by atoms with Gasteiger partial charge in [0.15, 0.2) is 6.10 Å². The molecule has 0 unspecified atom stereocenters. The minimum Gasteiger partial charge on any atom is -0.462 e. The zero-order valence-corrected chi connectivity index (χ0v) is 35.4. The lowest BCUT2D eigenvalue weighted by atomic mass is 10.0. The van der Waals surface area contributed by atoms with Crippen molar-refractivity contribution in [1.82, 2.24) is 0 Å². The van der Waals surface area contributed by atoms with Crippen LogP contribution in [0.15, 0.2) is 0 Å². The van der Waals surface area contributed by atoms with Crippen molar-refractivity contribution in [3.63, 3.8) is 0 Å². The van der Waals surface area contributed by atoms with E-state index in [1.807, 2.05) is 0 Å². The van der Waals surface area contributed by atoms with Crippen LogP contribution in [0.2, 0.25) is 0 Å². The summed E-state index contributed by atoms with van der Waals surface area (Å²) in [6.07, 6.45) is 36.7. The largest absolute Gasteiger partial charge is 0.462 e. The van der Waals surface area contributed by atoms with E-state index >= 15 is 0 Å². The Morgan fingerprint density at radius 1 is 0.365 bits per heavy atom. The Labute approximate surface area is 323 Å². The molecule has 0 bridgehead atoms. The van der Waals surface area contributed by atoms with Gasteiger partial charge in [-0.2, -0.15) is 0 Å². The molecule has 0 spiro atoms. The van der Waals surface area contributed by atoms with Gasteiger partial charge >= 0.3 is 17.9 Å². The second kappa shape index (κ2) is 39.1. The van der Waals surface area contributed by atoms with Crippen molar-refractivity contribution in [3.05, 3.63) is 0 Å². The molecule has 308 valence electrons. The van der Waals surface area contributed by atoms with Gasteiger partial charge in [0.2, 0.25) is 0 Å². The van der Waals surface area contributed by atoms with Crippen LogP contribution in [-0.2, 0) is 28.6 Å². The van der Waals surface area contributed by atoms with E-state index in [-0.39, 0.29) is 31.1 Å². The molecule has 0 amide bonds. The van der Waals surface area contributed by atoms with Crippen LogP contribution in [0.5, 0.6) is 0 Å².